The minimum atomic E-state index is 0.937. The fourth-order valence-corrected chi connectivity index (χ4v) is 2.26. The van der Waals surface area contributed by atoms with Crippen molar-refractivity contribution in [3.05, 3.63) is 23.4 Å². The van der Waals surface area contributed by atoms with Gasteiger partial charge in [-0.15, -0.1) is 0 Å². The number of nitrogens with zero attached hydrogens (tertiary/aromatic N) is 2. The van der Waals surface area contributed by atoms with Crippen LogP contribution in [0.1, 0.15) is 51.8 Å². The minimum absolute atomic E-state index is 0.937. The lowest BCUT2D eigenvalue weighted by molar-refractivity contribution is 0.718. The number of aryl methyl sites for hydroxylation is 1. The molecule has 0 amide bonds. The molecule has 1 heterocycles. The second-order valence-electron chi connectivity index (χ2n) is 4.93. The fraction of sp³-hybridized carbons (Fsp3) is 0.688. The summed E-state index contributed by atoms with van der Waals surface area (Å²) >= 11 is 0. The molecule has 0 saturated carbocycles. The largest absolute Gasteiger partial charge is 0.357 e. The van der Waals surface area contributed by atoms with E-state index in [0.717, 1.165) is 51.3 Å². The third kappa shape index (κ3) is 5.19. The van der Waals surface area contributed by atoms with E-state index in [0.29, 0.717) is 0 Å². The van der Waals surface area contributed by atoms with Crippen molar-refractivity contribution in [1.82, 2.24) is 10.3 Å². The van der Waals surface area contributed by atoms with Crippen LogP contribution in [0.15, 0.2) is 12.1 Å². The van der Waals surface area contributed by atoms with Crippen LogP contribution in [0, 0.1) is 0 Å². The summed E-state index contributed by atoms with van der Waals surface area (Å²) in [6, 6.07) is 4.48. The molecule has 1 aromatic rings. The molecule has 0 radical (unpaired) electrons. The molecule has 0 aliphatic carbocycles. The van der Waals surface area contributed by atoms with Crippen molar-refractivity contribution < 1.29 is 0 Å². The molecule has 1 rings (SSSR count). The lowest BCUT2D eigenvalue weighted by Crippen LogP contribution is -2.25. The van der Waals surface area contributed by atoms with Crippen LogP contribution in [0.5, 0.6) is 0 Å². The van der Waals surface area contributed by atoms with Gasteiger partial charge in [-0.1, -0.05) is 27.2 Å². The van der Waals surface area contributed by atoms with Crippen molar-refractivity contribution in [3.8, 4) is 0 Å². The molecule has 108 valence electrons. The summed E-state index contributed by atoms with van der Waals surface area (Å²) in [5.74, 6) is 1.14. The molecule has 0 unspecified atom stereocenters. The molecular formula is C16H29N3. The third-order valence-corrected chi connectivity index (χ3v) is 3.21. The highest BCUT2D eigenvalue weighted by atomic mass is 15.2. The second kappa shape index (κ2) is 8.92. The maximum absolute atomic E-state index is 4.82. The summed E-state index contributed by atoms with van der Waals surface area (Å²) in [7, 11) is 0. The molecule has 0 aliphatic heterocycles. The highest BCUT2D eigenvalue weighted by molar-refractivity contribution is 5.42. The van der Waals surface area contributed by atoms with E-state index in [9.17, 15) is 0 Å². The zero-order chi connectivity index (χ0) is 14.1. The molecular weight excluding hydrogens is 234 g/mol. The first kappa shape index (κ1) is 16.0. The van der Waals surface area contributed by atoms with Crippen molar-refractivity contribution in [2.24, 2.45) is 0 Å². The maximum Gasteiger partial charge on any atom is 0.129 e. The van der Waals surface area contributed by atoms with E-state index in [1.807, 2.05) is 0 Å². The summed E-state index contributed by atoms with van der Waals surface area (Å²) in [6.45, 7) is 12.8. The average Bonchev–Trinajstić information content (AvgIpc) is 2.42. The summed E-state index contributed by atoms with van der Waals surface area (Å²) in [4.78, 5) is 7.19. The molecule has 0 spiro atoms. The molecule has 3 heteroatoms. The van der Waals surface area contributed by atoms with Gasteiger partial charge in [0.05, 0.1) is 0 Å². The molecule has 0 aliphatic rings. The van der Waals surface area contributed by atoms with Gasteiger partial charge < -0.3 is 10.2 Å². The predicted octanol–water partition coefficient (Wildman–Crippen LogP) is 3.38. The number of pyridine rings is 1. The van der Waals surface area contributed by atoms with E-state index in [1.165, 1.54) is 11.3 Å². The fourth-order valence-electron chi connectivity index (χ4n) is 2.26. The number of hydrogen-bond acceptors (Lipinski definition) is 3. The van der Waals surface area contributed by atoms with E-state index in [4.69, 9.17) is 4.98 Å². The van der Waals surface area contributed by atoms with Crippen LogP contribution in [0.3, 0.4) is 0 Å². The van der Waals surface area contributed by atoms with E-state index < -0.39 is 0 Å². The van der Waals surface area contributed by atoms with Gasteiger partial charge in [0.25, 0.3) is 0 Å². The van der Waals surface area contributed by atoms with Crippen LogP contribution in [0.2, 0.25) is 0 Å². The predicted molar refractivity (Wildman–Crippen MR) is 83.8 cm³/mol. The van der Waals surface area contributed by atoms with Crippen LogP contribution < -0.4 is 10.2 Å². The van der Waals surface area contributed by atoms with Crippen LogP contribution in [0.4, 0.5) is 5.82 Å². The smallest absolute Gasteiger partial charge is 0.129 e. The van der Waals surface area contributed by atoms with Gasteiger partial charge in [0.15, 0.2) is 0 Å². The third-order valence-electron chi connectivity index (χ3n) is 3.21. The Morgan fingerprint density at radius 2 is 1.89 bits per heavy atom. The normalized spacial score (nSPS) is 10.7. The Bertz CT molecular complexity index is 363. The number of hydrogen-bond donors (Lipinski definition) is 1. The zero-order valence-corrected chi connectivity index (χ0v) is 13.0. The molecule has 0 fully saturated rings. The van der Waals surface area contributed by atoms with Crippen LogP contribution in [-0.2, 0) is 13.0 Å². The number of rotatable bonds is 9. The van der Waals surface area contributed by atoms with Gasteiger partial charge in [-0.25, -0.2) is 4.98 Å². The van der Waals surface area contributed by atoms with Gasteiger partial charge in [-0.2, -0.15) is 0 Å². The molecule has 1 N–H and O–H groups in total. The Balaban J connectivity index is 2.96. The molecule has 0 atom stereocenters. The van der Waals surface area contributed by atoms with Gasteiger partial charge in [0, 0.05) is 25.3 Å². The van der Waals surface area contributed by atoms with E-state index in [-0.39, 0.29) is 0 Å². The monoisotopic (exact) mass is 263 g/mol. The molecule has 19 heavy (non-hydrogen) atoms. The van der Waals surface area contributed by atoms with Gasteiger partial charge in [-0.3, -0.25) is 0 Å². The zero-order valence-electron chi connectivity index (χ0n) is 13.0. The SMILES string of the molecule is CCCc1cc(CNCC)cc(N(CC)CCC)n1. The first-order valence-electron chi connectivity index (χ1n) is 7.70. The minimum Gasteiger partial charge on any atom is -0.357 e. The highest BCUT2D eigenvalue weighted by Crippen LogP contribution is 2.16. The number of aromatic nitrogens is 1. The summed E-state index contributed by atoms with van der Waals surface area (Å²) in [5.41, 5.74) is 2.58. The van der Waals surface area contributed by atoms with Crippen molar-refractivity contribution >= 4 is 5.82 Å². The van der Waals surface area contributed by atoms with Gasteiger partial charge in [0.1, 0.15) is 5.82 Å². The Morgan fingerprint density at radius 3 is 2.47 bits per heavy atom. The van der Waals surface area contributed by atoms with Crippen LogP contribution in [-0.4, -0.2) is 24.6 Å². The van der Waals surface area contributed by atoms with E-state index in [2.05, 4.69) is 50.0 Å². The van der Waals surface area contributed by atoms with Crippen LogP contribution >= 0.6 is 0 Å². The van der Waals surface area contributed by atoms with Crippen molar-refractivity contribution in [2.45, 2.75) is 53.5 Å². The maximum atomic E-state index is 4.82. The first-order valence-corrected chi connectivity index (χ1v) is 7.70. The summed E-state index contributed by atoms with van der Waals surface area (Å²) < 4.78 is 0. The standard InChI is InChI=1S/C16H29N3/c1-5-9-15-11-14(13-17-7-3)12-16(18-15)19(8-4)10-6-2/h11-12,17H,5-10,13H2,1-4H3. The molecule has 0 saturated heterocycles. The second-order valence-corrected chi connectivity index (χ2v) is 4.93. The Labute approximate surface area is 118 Å². The average molecular weight is 263 g/mol. The molecule has 0 aromatic carbocycles. The van der Waals surface area contributed by atoms with Crippen molar-refractivity contribution in [1.29, 1.82) is 0 Å². The number of anilines is 1. The van der Waals surface area contributed by atoms with Gasteiger partial charge in [-0.05, 0) is 44.0 Å². The lowest BCUT2D eigenvalue weighted by Gasteiger charge is -2.22. The Hall–Kier alpha value is -1.09. The van der Waals surface area contributed by atoms with Gasteiger partial charge in [0.2, 0.25) is 0 Å². The van der Waals surface area contributed by atoms with Crippen molar-refractivity contribution in [2.75, 3.05) is 24.5 Å². The van der Waals surface area contributed by atoms with Crippen molar-refractivity contribution in [3.63, 3.8) is 0 Å². The quantitative estimate of drug-likeness (QED) is 0.740. The summed E-state index contributed by atoms with van der Waals surface area (Å²) in [6.07, 6.45) is 3.38. The Morgan fingerprint density at radius 1 is 1.11 bits per heavy atom. The molecule has 3 nitrogen and oxygen atoms in total. The Kier molecular flexibility index (Phi) is 7.49. The van der Waals surface area contributed by atoms with E-state index in [1.54, 1.807) is 0 Å². The first-order chi connectivity index (χ1) is 9.24. The van der Waals surface area contributed by atoms with Gasteiger partial charge >= 0.3 is 0 Å². The topological polar surface area (TPSA) is 28.2 Å². The molecule has 0 bridgehead atoms. The van der Waals surface area contributed by atoms with E-state index >= 15 is 0 Å². The number of nitrogens with one attached hydrogen (secondary N) is 1. The summed E-state index contributed by atoms with van der Waals surface area (Å²) in [5, 5.41) is 3.40. The van der Waals surface area contributed by atoms with Crippen LogP contribution in [0.25, 0.3) is 0 Å². The molecule has 1 aromatic heterocycles. The highest BCUT2D eigenvalue weighted by Gasteiger charge is 2.08. The lowest BCUT2D eigenvalue weighted by atomic mass is 10.1.